The molecule has 0 spiro atoms. The summed E-state index contributed by atoms with van der Waals surface area (Å²) >= 11 is 0. The Bertz CT molecular complexity index is 1330. The van der Waals surface area contributed by atoms with Crippen molar-refractivity contribution >= 4 is 35.1 Å². The first kappa shape index (κ1) is 28.7. The van der Waals surface area contributed by atoms with E-state index in [1.807, 2.05) is 88.4 Å². The van der Waals surface area contributed by atoms with Gasteiger partial charge in [-0.15, -0.1) is 0 Å². The summed E-state index contributed by atoms with van der Waals surface area (Å²) in [6, 6.07) is 16.8. The summed E-state index contributed by atoms with van der Waals surface area (Å²) in [5, 5.41) is 2.84. The summed E-state index contributed by atoms with van der Waals surface area (Å²) in [5.41, 5.74) is 1.44. The first-order chi connectivity index (χ1) is 19.0. The van der Waals surface area contributed by atoms with E-state index in [9.17, 15) is 19.2 Å². The monoisotopic (exact) mass is 544 g/mol. The van der Waals surface area contributed by atoms with Crippen LogP contribution in [0.25, 0.3) is 5.70 Å². The van der Waals surface area contributed by atoms with Crippen LogP contribution in [0, 0.1) is 5.92 Å². The van der Waals surface area contributed by atoms with Crippen molar-refractivity contribution in [1.82, 2.24) is 15.1 Å². The van der Waals surface area contributed by atoms with Gasteiger partial charge in [-0.25, -0.2) is 4.99 Å². The van der Waals surface area contributed by atoms with Gasteiger partial charge in [0.1, 0.15) is 25.2 Å². The quantitative estimate of drug-likeness (QED) is 0.522. The van der Waals surface area contributed by atoms with Crippen molar-refractivity contribution in [3.8, 4) is 0 Å². The van der Waals surface area contributed by atoms with Gasteiger partial charge in [-0.05, 0) is 30.9 Å². The summed E-state index contributed by atoms with van der Waals surface area (Å²) in [5.74, 6) is -1.77. The van der Waals surface area contributed by atoms with E-state index < -0.39 is 29.3 Å². The summed E-state index contributed by atoms with van der Waals surface area (Å²) in [6.45, 7) is 8.81. The number of carbonyl (C=O) groups excluding carboxylic acids is 4. The number of Topliss-reactive ketones (excluding diaryl/α,β-unsaturated/α-hetero) is 1. The SMILES string of the molecule is CC(=O)N1C=C(c2ccccc2)N(CC(=O)N[C@@H](Cc2ccccc2)C(=O)C2=NC(C)(C)CO2)C(=O)[C@@H]1C(C)C. The maximum absolute atomic E-state index is 13.8. The van der Waals surface area contributed by atoms with Gasteiger partial charge in [0, 0.05) is 19.5 Å². The van der Waals surface area contributed by atoms with Crippen LogP contribution < -0.4 is 5.32 Å². The zero-order chi connectivity index (χ0) is 29.0. The number of hydrogen-bond acceptors (Lipinski definition) is 6. The highest BCUT2D eigenvalue weighted by Crippen LogP contribution is 2.30. The van der Waals surface area contributed by atoms with Gasteiger partial charge >= 0.3 is 0 Å². The van der Waals surface area contributed by atoms with Crippen molar-refractivity contribution in [2.75, 3.05) is 13.2 Å². The van der Waals surface area contributed by atoms with E-state index in [4.69, 9.17) is 4.74 Å². The van der Waals surface area contributed by atoms with Crippen LogP contribution in [-0.4, -0.2) is 70.0 Å². The van der Waals surface area contributed by atoms with E-state index in [2.05, 4.69) is 10.3 Å². The van der Waals surface area contributed by atoms with Crippen LogP contribution in [-0.2, 0) is 30.3 Å². The number of nitrogens with one attached hydrogen (secondary N) is 1. The minimum Gasteiger partial charge on any atom is -0.473 e. The summed E-state index contributed by atoms with van der Waals surface area (Å²) in [4.78, 5) is 60.5. The van der Waals surface area contributed by atoms with E-state index >= 15 is 0 Å². The lowest BCUT2D eigenvalue weighted by molar-refractivity contribution is -0.144. The molecule has 2 aromatic rings. The zero-order valence-electron chi connectivity index (χ0n) is 23.6. The molecule has 2 aliphatic rings. The molecule has 2 aliphatic heterocycles. The van der Waals surface area contributed by atoms with Gasteiger partial charge in [-0.2, -0.15) is 0 Å². The number of hydrogen-bond donors (Lipinski definition) is 1. The molecule has 2 aromatic carbocycles. The van der Waals surface area contributed by atoms with Crippen LogP contribution in [0.5, 0.6) is 0 Å². The minimum absolute atomic E-state index is 0.0119. The second-order valence-electron chi connectivity index (χ2n) is 11.1. The van der Waals surface area contributed by atoms with Crippen molar-refractivity contribution in [2.24, 2.45) is 10.9 Å². The molecule has 9 nitrogen and oxygen atoms in total. The Morgan fingerprint density at radius 3 is 2.23 bits per heavy atom. The third-order valence-electron chi connectivity index (χ3n) is 6.85. The standard InChI is InChI=1S/C31H36N4O5/c1-20(2)27-30(39)35(25(17-34(27)21(3)36)23-14-10-7-11-15-23)18-26(37)32-24(16-22-12-8-6-9-13-22)28(38)29-33-31(4,5)19-40-29/h6-15,17,20,24,27H,16,18-19H2,1-5H3,(H,32,37)/t24-,27-/m0/s1. The molecule has 2 atom stereocenters. The second kappa shape index (κ2) is 11.9. The second-order valence-corrected chi connectivity index (χ2v) is 11.1. The third-order valence-corrected chi connectivity index (χ3v) is 6.85. The number of benzene rings is 2. The summed E-state index contributed by atoms with van der Waals surface area (Å²) in [6.07, 6.45) is 1.86. The Morgan fingerprint density at radius 2 is 1.68 bits per heavy atom. The predicted octanol–water partition coefficient (Wildman–Crippen LogP) is 3.20. The number of nitrogens with zero attached hydrogens (tertiary/aromatic N) is 3. The molecule has 0 saturated carbocycles. The van der Waals surface area contributed by atoms with Crippen LogP contribution in [0.15, 0.2) is 71.9 Å². The molecule has 0 radical (unpaired) electrons. The lowest BCUT2D eigenvalue weighted by atomic mass is 9.97. The zero-order valence-corrected chi connectivity index (χ0v) is 23.6. The molecular weight excluding hydrogens is 508 g/mol. The highest BCUT2D eigenvalue weighted by molar-refractivity contribution is 6.39. The van der Waals surface area contributed by atoms with Gasteiger partial charge < -0.3 is 15.0 Å². The average Bonchev–Trinajstić information content (AvgIpc) is 3.29. The highest BCUT2D eigenvalue weighted by atomic mass is 16.5. The molecule has 0 fully saturated rings. The molecule has 0 bridgehead atoms. The smallest absolute Gasteiger partial charge is 0.256 e. The van der Waals surface area contributed by atoms with Crippen molar-refractivity contribution in [3.05, 3.63) is 78.0 Å². The number of ether oxygens (including phenoxy) is 1. The lowest BCUT2D eigenvalue weighted by Gasteiger charge is -2.40. The first-order valence-corrected chi connectivity index (χ1v) is 13.4. The highest BCUT2D eigenvalue weighted by Gasteiger charge is 2.41. The van der Waals surface area contributed by atoms with Gasteiger partial charge in [0.05, 0.1) is 11.2 Å². The Labute approximate surface area is 234 Å². The van der Waals surface area contributed by atoms with E-state index in [0.717, 1.165) is 5.56 Å². The molecule has 3 amide bonds. The Hall–Kier alpha value is -4.27. The fraction of sp³-hybridized carbons (Fsp3) is 0.387. The predicted molar refractivity (Wildman–Crippen MR) is 152 cm³/mol. The van der Waals surface area contributed by atoms with Crippen LogP contribution in [0.2, 0.25) is 0 Å². The van der Waals surface area contributed by atoms with Crippen molar-refractivity contribution < 1.29 is 23.9 Å². The topological polar surface area (TPSA) is 108 Å². The Morgan fingerprint density at radius 1 is 1.05 bits per heavy atom. The fourth-order valence-corrected chi connectivity index (χ4v) is 4.88. The van der Waals surface area contributed by atoms with Crippen LogP contribution in [0.3, 0.4) is 0 Å². The van der Waals surface area contributed by atoms with Crippen LogP contribution in [0.1, 0.15) is 45.7 Å². The van der Waals surface area contributed by atoms with Crippen molar-refractivity contribution in [2.45, 2.75) is 58.7 Å². The summed E-state index contributed by atoms with van der Waals surface area (Å²) < 4.78 is 5.58. The Kier molecular flexibility index (Phi) is 8.52. The number of aliphatic imine (C=N–C) groups is 1. The number of rotatable bonds is 9. The normalized spacial score (nSPS) is 19.1. The van der Waals surface area contributed by atoms with Crippen LogP contribution >= 0.6 is 0 Å². The van der Waals surface area contributed by atoms with E-state index in [1.54, 1.807) is 6.20 Å². The molecule has 0 unspecified atom stereocenters. The fourth-order valence-electron chi connectivity index (χ4n) is 4.88. The van der Waals surface area contributed by atoms with E-state index in [1.165, 1.54) is 16.7 Å². The van der Waals surface area contributed by atoms with E-state index in [-0.39, 0.29) is 43.2 Å². The first-order valence-electron chi connectivity index (χ1n) is 13.4. The molecule has 40 heavy (non-hydrogen) atoms. The van der Waals surface area contributed by atoms with E-state index in [0.29, 0.717) is 11.3 Å². The van der Waals surface area contributed by atoms with Gasteiger partial charge in [-0.3, -0.25) is 24.1 Å². The molecule has 0 saturated heterocycles. The molecule has 2 heterocycles. The third kappa shape index (κ3) is 6.47. The maximum atomic E-state index is 13.8. The molecule has 210 valence electrons. The number of carbonyl (C=O) groups is 4. The summed E-state index contributed by atoms with van der Waals surface area (Å²) in [7, 11) is 0. The minimum atomic E-state index is -0.943. The number of amides is 3. The van der Waals surface area contributed by atoms with Gasteiger partial charge in [0.25, 0.3) is 11.8 Å². The molecular formula is C31H36N4O5. The largest absolute Gasteiger partial charge is 0.473 e. The van der Waals surface area contributed by atoms with Gasteiger partial charge in [0.15, 0.2) is 0 Å². The number of ketones is 1. The van der Waals surface area contributed by atoms with Crippen LogP contribution in [0.4, 0.5) is 0 Å². The van der Waals surface area contributed by atoms with Gasteiger partial charge in [-0.1, -0.05) is 74.5 Å². The molecule has 4 rings (SSSR count). The van der Waals surface area contributed by atoms with Gasteiger partial charge in [0.2, 0.25) is 17.6 Å². The van der Waals surface area contributed by atoms with Crippen molar-refractivity contribution in [1.29, 1.82) is 0 Å². The molecule has 1 N–H and O–H groups in total. The molecule has 0 aromatic heterocycles. The molecule has 0 aliphatic carbocycles. The maximum Gasteiger partial charge on any atom is 0.256 e. The lowest BCUT2D eigenvalue weighted by Crippen LogP contribution is -2.56. The average molecular weight is 545 g/mol. The molecule has 9 heteroatoms. The van der Waals surface area contributed by atoms with Crippen molar-refractivity contribution in [3.63, 3.8) is 0 Å². The Balaban J connectivity index is 1.63.